The summed E-state index contributed by atoms with van der Waals surface area (Å²) in [4.78, 5) is 11.8. The highest BCUT2D eigenvalue weighted by Crippen LogP contribution is 2.13. The Hall–Kier alpha value is -1.19. The lowest BCUT2D eigenvalue weighted by Crippen LogP contribution is -2.35. The molecule has 19 heavy (non-hydrogen) atoms. The van der Waals surface area contributed by atoms with Crippen LogP contribution in [-0.4, -0.2) is 21.7 Å². The van der Waals surface area contributed by atoms with Gasteiger partial charge in [0.05, 0.1) is 6.54 Å². The maximum atomic E-state index is 13.1. The molecule has 0 radical (unpaired) electrons. The molecule has 2 aromatic rings. The monoisotopic (exact) mass is 373 g/mol. The van der Waals surface area contributed by atoms with Crippen molar-refractivity contribution in [2.24, 2.45) is 0 Å². The van der Waals surface area contributed by atoms with Crippen LogP contribution in [0.15, 0.2) is 41.3 Å². The van der Waals surface area contributed by atoms with Crippen molar-refractivity contribution < 1.29 is 14.4 Å². The number of nitrogens with zero attached hydrogens (tertiary/aromatic N) is 1. The first-order chi connectivity index (χ1) is 8.97. The average Bonchev–Trinajstić information content (AvgIpc) is 2.36. The van der Waals surface area contributed by atoms with Gasteiger partial charge in [-0.25, -0.2) is 4.39 Å². The molecule has 0 saturated heterocycles. The minimum atomic E-state index is -1.66. The molecule has 1 aromatic heterocycles. The molecule has 98 valence electrons. The van der Waals surface area contributed by atoms with Crippen molar-refractivity contribution in [2.45, 2.75) is 6.54 Å². The first-order valence-electron chi connectivity index (χ1n) is 5.48. The number of hydrogen-bond donors (Lipinski definition) is 2. The number of hydrogen-bond acceptors (Lipinski definition) is 3. The number of halogens is 2. The summed E-state index contributed by atoms with van der Waals surface area (Å²) in [7, 11) is -1.66. The van der Waals surface area contributed by atoms with E-state index in [0.29, 0.717) is 10.1 Å². The molecule has 0 aliphatic carbocycles. The van der Waals surface area contributed by atoms with E-state index in [-0.39, 0.29) is 16.8 Å². The van der Waals surface area contributed by atoms with Crippen molar-refractivity contribution in [2.75, 3.05) is 0 Å². The molecule has 1 heterocycles. The summed E-state index contributed by atoms with van der Waals surface area (Å²) < 4.78 is 15.0. The fourth-order valence-electron chi connectivity index (χ4n) is 1.65. The zero-order chi connectivity index (χ0) is 14.0. The van der Waals surface area contributed by atoms with Crippen LogP contribution in [0, 0.1) is 9.39 Å². The SMILES string of the molecule is O=c1cc(B(O)O)ccn1Cc1ccc(F)c(I)c1. The number of aromatic nitrogens is 1. The lowest BCUT2D eigenvalue weighted by Gasteiger charge is -2.07. The highest BCUT2D eigenvalue weighted by molar-refractivity contribution is 14.1. The minimum Gasteiger partial charge on any atom is -0.423 e. The molecule has 0 aliphatic heterocycles. The molecule has 0 fully saturated rings. The van der Waals surface area contributed by atoms with Crippen LogP contribution < -0.4 is 11.0 Å². The second kappa shape index (κ2) is 5.85. The van der Waals surface area contributed by atoms with Gasteiger partial charge in [0.25, 0.3) is 0 Å². The second-order valence-electron chi connectivity index (χ2n) is 4.05. The second-order valence-corrected chi connectivity index (χ2v) is 5.21. The quantitative estimate of drug-likeness (QED) is 0.602. The Kier molecular flexibility index (Phi) is 4.38. The van der Waals surface area contributed by atoms with Crippen LogP contribution >= 0.6 is 22.6 Å². The van der Waals surface area contributed by atoms with Gasteiger partial charge in [-0.2, -0.15) is 0 Å². The normalized spacial score (nSPS) is 10.5. The van der Waals surface area contributed by atoms with Crippen LogP contribution in [0.4, 0.5) is 4.39 Å². The first-order valence-corrected chi connectivity index (χ1v) is 6.55. The predicted molar refractivity (Wildman–Crippen MR) is 78.7 cm³/mol. The van der Waals surface area contributed by atoms with E-state index in [2.05, 4.69) is 0 Å². The van der Waals surface area contributed by atoms with E-state index in [0.717, 1.165) is 5.56 Å². The van der Waals surface area contributed by atoms with E-state index in [1.165, 1.54) is 29.0 Å². The third kappa shape index (κ3) is 3.43. The van der Waals surface area contributed by atoms with E-state index >= 15 is 0 Å². The fraction of sp³-hybridized carbons (Fsp3) is 0.0833. The molecule has 0 spiro atoms. The zero-order valence-corrected chi connectivity index (χ0v) is 11.9. The van der Waals surface area contributed by atoms with Crippen LogP contribution in [0.2, 0.25) is 0 Å². The Bertz CT molecular complexity index is 660. The molecule has 0 aliphatic rings. The van der Waals surface area contributed by atoms with Crippen LogP contribution in [0.3, 0.4) is 0 Å². The highest BCUT2D eigenvalue weighted by Gasteiger charge is 2.12. The van der Waals surface area contributed by atoms with E-state index in [9.17, 15) is 9.18 Å². The van der Waals surface area contributed by atoms with Crippen LogP contribution in [-0.2, 0) is 6.54 Å². The topological polar surface area (TPSA) is 62.5 Å². The minimum absolute atomic E-state index is 0.148. The van der Waals surface area contributed by atoms with Gasteiger partial charge in [-0.05, 0) is 51.8 Å². The maximum absolute atomic E-state index is 13.1. The van der Waals surface area contributed by atoms with Gasteiger partial charge in [-0.15, -0.1) is 0 Å². The third-order valence-corrected chi connectivity index (χ3v) is 3.48. The third-order valence-electron chi connectivity index (χ3n) is 2.66. The van der Waals surface area contributed by atoms with Crippen molar-refractivity contribution in [1.29, 1.82) is 0 Å². The van der Waals surface area contributed by atoms with E-state index in [1.807, 2.05) is 22.6 Å². The summed E-state index contributed by atoms with van der Waals surface area (Å²) in [5, 5.41) is 17.9. The Balaban J connectivity index is 2.28. The first kappa shape index (κ1) is 14.2. The lowest BCUT2D eigenvalue weighted by atomic mass is 9.81. The van der Waals surface area contributed by atoms with Crippen molar-refractivity contribution in [1.82, 2.24) is 4.57 Å². The molecule has 1 aromatic carbocycles. The van der Waals surface area contributed by atoms with Crippen molar-refractivity contribution >= 4 is 35.2 Å². The molecule has 0 bridgehead atoms. The van der Waals surface area contributed by atoms with Crippen LogP contribution in [0.25, 0.3) is 0 Å². The molecular weight excluding hydrogens is 363 g/mol. The van der Waals surface area contributed by atoms with Gasteiger partial charge in [0, 0.05) is 15.8 Å². The maximum Gasteiger partial charge on any atom is 0.488 e. The van der Waals surface area contributed by atoms with Gasteiger partial charge in [0.2, 0.25) is 5.56 Å². The van der Waals surface area contributed by atoms with E-state index in [1.54, 1.807) is 12.1 Å². The largest absolute Gasteiger partial charge is 0.488 e. The molecule has 2 N–H and O–H groups in total. The van der Waals surface area contributed by atoms with Gasteiger partial charge in [-0.3, -0.25) is 4.79 Å². The summed E-state index contributed by atoms with van der Waals surface area (Å²) >= 11 is 1.89. The number of pyridine rings is 1. The zero-order valence-electron chi connectivity index (χ0n) is 9.75. The molecule has 0 amide bonds. The van der Waals surface area contributed by atoms with Gasteiger partial charge in [0.1, 0.15) is 5.82 Å². The van der Waals surface area contributed by atoms with Crippen LogP contribution in [0.5, 0.6) is 0 Å². The molecule has 0 saturated carbocycles. The average molecular weight is 373 g/mol. The standard InChI is InChI=1S/C12H10BFINO3/c14-10-2-1-8(5-11(10)15)7-16-4-3-9(13(18)19)6-12(16)17/h1-6,18-19H,7H2. The Morgan fingerprint density at radius 1 is 1.26 bits per heavy atom. The molecule has 4 nitrogen and oxygen atoms in total. The number of benzene rings is 1. The summed E-state index contributed by atoms with van der Waals surface area (Å²) in [6, 6.07) is 7.25. The summed E-state index contributed by atoms with van der Waals surface area (Å²) in [5.41, 5.74) is 0.602. The van der Waals surface area contributed by atoms with Gasteiger partial charge in [-0.1, -0.05) is 6.07 Å². The molecule has 0 unspecified atom stereocenters. The Labute approximate surface area is 122 Å². The van der Waals surface area contributed by atoms with Gasteiger partial charge >= 0.3 is 7.12 Å². The number of rotatable bonds is 3. The van der Waals surface area contributed by atoms with Crippen molar-refractivity contribution in [3.63, 3.8) is 0 Å². The van der Waals surface area contributed by atoms with Gasteiger partial charge < -0.3 is 14.6 Å². The van der Waals surface area contributed by atoms with Gasteiger partial charge in [0.15, 0.2) is 0 Å². The van der Waals surface area contributed by atoms with E-state index < -0.39 is 7.12 Å². The summed E-state index contributed by atoms with van der Waals surface area (Å²) in [6.07, 6.45) is 1.48. The Morgan fingerprint density at radius 3 is 2.58 bits per heavy atom. The Morgan fingerprint density at radius 2 is 2.00 bits per heavy atom. The highest BCUT2D eigenvalue weighted by atomic mass is 127. The van der Waals surface area contributed by atoms with E-state index in [4.69, 9.17) is 10.0 Å². The smallest absolute Gasteiger partial charge is 0.423 e. The fourth-order valence-corrected chi connectivity index (χ4v) is 2.23. The lowest BCUT2D eigenvalue weighted by molar-refractivity contribution is 0.425. The molecule has 7 heteroatoms. The van der Waals surface area contributed by atoms with Crippen LogP contribution in [0.1, 0.15) is 5.56 Å². The summed E-state index contributed by atoms with van der Waals surface area (Å²) in [6.45, 7) is 0.302. The van der Waals surface area contributed by atoms with Crippen molar-refractivity contribution in [3.05, 3.63) is 61.8 Å². The predicted octanol–water partition coefficient (Wildman–Crippen LogP) is 0.320. The molecule has 2 rings (SSSR count). The summed E-state index contributed by atoms with van der Waals surface area (Å²) in [5.74, 6) is -0.296. The molecular formula is C12H10BFINO3. The molecule has 0 atom stereocenters. The van der Waals surface area contributed by atoms with Crippen molar-refractivity contribution in [3.8, 4) is 0 Å².